The third kappa shape index (κ3) is 3.80. The van der Waals surface area contributed by atoms with E-state index in [1.54, 1.807) is 72.8 Å². The first kappa shape index (κ1) is 19.0. The van der Waals surface area contributed by atoms with E-state index in [1.165, 1.54) is 0 Å². The van der Waals surface area contributed by atoms with Crippen molar-refractivity contribution in [1.82, 2.24) is 0 Å². The van der Waals surface area contributed by atoms with E-state index in [2.05, 4.69) is 0 Å². The predicted molar refractivity (Wildman–Crippen MR) is 113 cm³/mol. The van der Waals surface area contributed by atoms with Crippen LogP contribution in [0.4, 0.5) is 0 Å². The minimum absolute atomic E-state index is 0.00229. The van der Waals surface area contributed by atoms with Crippen molar-refractivity contribution in [3.8, 4) is 5.75 Å². The second kappa shape index (κ2) is 7.94. The van der Waals surface area contributed by atoms with Gasteiger partial charge in [-0.2, -0.15) is 0 Å². The summed E-state index contributed by atoms with van der Waals surface area (Å²) >= 11 is 6.01. The highest BCUT2D eigenvalue weighted by molar-refractivity contribution is 6.30. The van der Waals surface area contributed by atoms with Crippen molar-refractivity contribution in [2.75, 3.05) is 0 Å². The van der Waals surface area contributed by atoms with Gasteiger partial charge in [0.25, 0.3) is 0 Å². The van der Waals surface area contributed by atoms with Crippen LogP contribution in [-0.4, -0.2) is 10.9 Å². The van der Waals surface area contributed by atoms with Crippen LogP contribution >= 0.6 is 11.6 Å². The molecule has 1 atom stereocenters. The number of aromatic hydroxyl groups is 1. The molecule has 1 N–H and O–H groups in total. The van der Waals surface area contributed by atoms with Crippen LogP contribution < -0.4 is 5.63 Å². The fourth-order valence-electron chi connectivity index (χ4n) is 3.46. The van der Waals surface area contributed by atoms with Crippen LogP contribution in [0.5, 0.6) is 5.75 Å². The van der Waals surface area contributed by atoms with Gasteiger partial charge in [-0.3, -0.25) is 4.79 Å². The topological polar surface area (TPSA) is 67.5 Å². The molecule has 0 aliphatic carbocycles. The molecule has 0 amide bonds. The second-order valence-electron chi connectivity index (χ2n) is 6.75. The molecule has 4 aromatic rings. The summed E-state index contributed by atoms with van der Waals surface area (Å²) in [4.78, 5) is 25.7. The summed E-state index contributed by atoms with van der Waals surface area (Å²) in [5, 5.41) is 11.9. The fourth-order valence-corrected chi connectivity index (χ4v) is 3.59. The highest BCUT2D eigenvalue weighted by Gasteiger charge is 2.27. The number of hydrogen-bond acceptors (Lipinski definition) is 4. The molecule has 0 fully saturated rings. The first-order valence-corrected chi connectivity index (χ1v) is 9.51. The lowest BCUT2D eigenvalue weighted by atomic mass is 9.85. The lowest BCUT2D eigenvalue weighted by Crippen LogP contribution is -2.17. The third-order valence-electron chi connectivity index (χ3n) is 4.93. The number of ketones is 1. The molecule has 0 spiro atoms. The standard InChI is InChI=1S/C24H17ClO4/c25-17-12-10-15(11-13-17)19(14-20(26)16-6-2-1-3-7-16)22-23(27)18-8-4-5-9-21(18)29-24(22)28/h1-13,19,27H,14H2. The normalized spacial score (nSPS) is 12.0. The maximum Gasteiger partial charge on any atom is 0.343 e. The average molecular weight is 405 g/mol. The van der Waals surface area contributed by atoms with Gasteiger partial charge >= 0.3 is 5.63 Å². The van der Waals surface area contributed by atoms with E-state index in [-0.39, 0.29) is 23.5 Å². The third-order valence-corrected chi connectivity index (χ3v) is 5.18. The molecule has 4 rings (SSSR count). The van der Waals surface area contributed by atoms with Crippen molar-refractivity contribution >= 4 is 28.4 Å². The van der Waals surface area contributed by atoms with Crippen molar-refractivity contribution in [2.45, 2.75) is 12.3 Å². The van der Waals surface area contributed by atoms with E-state index in [9.17, 15) is 14.7 Å². The largest absolute Gasteiger partial charge is 0.507 e. The Bertz CT molecular complexity index is 1230. The monoisotopic (exact) mass is 404 g/mol. The predicted octanol–water partition coefficient (Wildman–Crippen LogP) is 5.56. The molecule has 1 heterocycles. The van der Waals surface area contributed by atoms with Gasteiger partial charge in [0.2, 0.25) is 0 Å². The Morgan fingerprint density at radius 1 is 0.931 bits per heavy atom. The van der Waals surface area contributed by atoms with Gasteiger partial charge in [0.1, 0.15) is 11.3 Å². The molecule has 0 saturated heterocycles. The van der Waals surface area contributed by atoms with E-state index >= 15 is 0 Å². The Kier molecular flexibility index (Phi) is 5.19. The molecule has 1 aromatic heterocycles. The number of para-hydroxylation sites is 1. The molecule has 144 valence electrons. The van der Waals surface area contributed by atoms with E-state index in [4.69, 9.17) is 16.0 Å². The highest BCUT2D eigenvalue weighted by atomic mass is 35.5. The summed E-state index contributed by atoms with van der Waals surface area (Å²) in [6, 6.07) is 22.5. The van der Waals surface area contributed by atoms with Gasteiger partial charge < -0.3 is 9.52 Å². The van der Waals surface area contributed by atoms with Gasteiger partial charge in [-0.1, -0.05) is 66.2 Å². The summed E-state index contributed by atoms with van der Waals surface area (Å²) < 4.78 is 5.43. The fraction of sp³-hybridized carbons (Fsp3) is 0.0833. The van der Waals surface area contributed by atoms with Crippen molar-refractivity contribution in [3.63, 3.8) is 0 Å². The number of halogens is 1. The number of rotatable bonds is 5. The van der Waals surface area contributed by atoms with Crippen LogP contribution in [0.25, 0.3) is 11.0 Å². The summed E-state index contributed by atoms with van der Waals surface area (Å²) in [6.45, 7) is 0. The maximum absolute atomic E-state index is 12.9. The number of carbonyl (C=O) groups excluding carboxylic acids is 1. The van der Waals surface area contributed by atoms with E-state index in [1.807, 2.05) is 6.07 Å². The molecule has 4 nitrogen and oxygen atoms in total. The molecule has 1 unspecified atom stereocenters. The molecule has 0 aliphatic rings. The zero-order valence-electron chi connectivity index (χ0n) is 15.3. The Morgan fingerprint density at radius 3 is 2.31 bits per heavy atom. The molecule has 5 heteroatoms. The number of Topliss-reactive ketones (excluding diaryl/α,β-unsaturated/α-hetero) is 1. The molecule has 29 heavy (non-hydrogen) atoms. The van der Waals surface area contributed by atoms with E-state index in [0.717, 1.165) is 0 Å². The molecule has 0 saturated carbocycles. The van der Waals surface area contributed by atoms with Crippen molar-refractivity contribution in [1.29, 1.82) is 0 Å². The second-order valence-corrected chi connectivity index (χ2v) is 7.18. The molecular weight excluding hydrogens is 388 g/mol. The van der Waals surface area contributed by atoms with Crippen LogP contribution in [0.3, 0.4) is 0 Å². The zero-order valence-corrected chi connectivity index (χ0v) is 16.1. The quantitative estimate of drug-likeness (QED) is 0.349. The molecule has 0 radical (unpaired) electrons. The van der Waals surface area contributed by atoms with Crippen LogP contribution in [0.2, 0.25) is 5.02 Å². The number of hydrogen-bond donors (Lipinski definition) is 1. The minimum Gasteiger partial charge on any atom is -0.507 e. The van der Waals surface area contributed by atoms with Crippen LogP contribution in [0.1, 0.15) is 33.8 Å². The van der Waals surface area contributed by atoms with Gasteiger partial charge in [0.15, 0.2) is 5.78 Å². The molecule has 0 bridgehead atoms. The van der Waals surface area contributed by atoms with Gasteiger partial charge in [0.05, 0.1) is 10.9 Å². The van der Waals surface area contributed by atoms with Crippen molar-refractivity contribution in [3.05, 3.63) is 111 Å². The first-order chi connectivity index (χ1) is 14.0. The Morgan fingerprint density at radius 2 is 1.59 bits per heavy atom. The van der Waals surface area contributed by atoms with Gasteiger partial charge in [-0.05, 0) is 29.8 Å². The molecule has 0 aliphatic heterocycles. The van der Waals surface area contributed by atoms with Crippen molar-refractivity contribution < 1.29 is 14.3 Å². The van der Waals surface area contributed by atoms with Crippen molar-refractivity contribution in [2.24, 2.45) is 0 Å². The lowest BCUT2D eigenvalue weighted by molar-refractivity contribution is 0.0977. The highest BCUT2D eigenvalue weighted by Crippen LogP contribution is 2.37. The summed E-state index contributed by atoms with van der Waals surface area (Å²) in [7, 11) is 0. The van der Waals surface area contributed by atoms with Crippen LogP contribution in [0, 0.1) is 0 Å². The van der Waals surface area contributed by atoms with Gasteiger partial charge in [-0.25, -0.2) is 4.79 Å². The van der Waals surface area contributed by atoms with E-state index in [0.29, 0.717) is 27.1 Å². The Balaban J connectivity index is 1.87. The number of carbonyl (C=O) groups is 1. The van der Waals surface area contributed by atoms with Crippen LogP contribution in [0.15, 0.2) is 88.1 Å². The summed E-state index contributed by atoms with van der Waals surface area (Å²) in [5.74, 6) is -0.990. The SMILES string of the molecule is O=C(CC(c1ccc(Cl)cc1)c1c(O)c2ccccc2oc1=O)c1ccccc1. The van der Waals surface area contributed by atoms with E-state index < -0.39 is 11.5 Å². The lowest BCUT2D eigenvalue weighted by Gasteiger charge is -2.18. The summed E-state index contributed by atoms with van der Waals surface area (Å²) in [6.07, 6.45) is 0.00229. The smallest absolute Gasteiger partial charge is 0.343 e. The van der Waals surface area contributed by atoms with Gasteiger partial charge in [0, 0.05) is 22.9 Å². The van der Waals surface area contributed by atoms with Crippen LogP contribution in [-0.2, 0) is 0 Å². The van der Waals surface area contributed by atoms with Gasteiger partial charge in [-0.15, -0.1) is 0 Å². The number of fused-ring (bicyclic) bond motifs is 1. The Hall–Kier alpha value is -3.37. The Labute approximate surface area is 172 Å². The zero-order chi connectivity index (χ0) is 20.4. The molecule has 3 aromatic carbocycles. The minimum atomic E-state index is -0.680. The molecular formula is C24H17ClO4. The summed E-state index contributed by atoms with van der Waals surface area (Å²) in [5.41, 5.74) is 0.924. The first-order valence-electron chi connectivity index (χ1n) is 9.13. The number of benzene rings is 3. The maximum atomic E-state index is 12.9. The average Bonchev–Trinajstić information content (AvgIpc) is 2.74.